The normalized spacial score (nSPS) is 14.5. The molecular formula is C27H24ClN3O2. The van der Waals surface area contributed by atoms with Gasteiger partial charge in [0.25, 0.3) is 5.91 Å². The summed E-state index contributed by atoms with van der Waals surface area (Å²) < 4.78 is 8.15. The summed E-state index contributed by atoms with van der Waals surface area (Å²) in [6, 6.07) is 16.2. The van der Waals surface area contributed by atoms with Crippen molar-refractivity contribution in [2.24, 2.45) is 0 Å². The van der Waals surface area contributed by atoms with Crippen LogP contribution in [-0.2, 0) is 32.4 Å². The minimum atomic E-state index is -0.0291. The number of aromatic nitrogens is 2. The maximum atomic E-state index is 13.4. The lowest BCUT2D eigenvalue weighted by molar-refractivity contribution is 0.0699. The molecular weight excluding hydrogens is 434 g/mol. The molecule has 2 aliphatic rings. The van der Waals surface area contributed by atoms with Crippen LogP contribution in [0.4, 0.5) is 0 Å². The van der Waals surface area contributed by atoms with E-state index in [1.807, 2.05) is 46.8 Å². The summed E-state index contributed by atoms with van der Waals surface area (Å²) in [6.07, 6.45) is 4.63. The predicted octanol–water partition coefficient (Wildman–Crippen LogP) is 5.45. The lowest BCUT2D eigenvalue weighted by Gasteiger charge is -2.28. The van der Waals surface area contributed by atoms with Crippen LogP contribution in [0.3, 0.4) is 0 Å². The van der Waals surface area contributed by atoms with Gasteiger partial charge in [0.2, 0.25) is 0 Å². The number of carbonyl (C=O) groups excluding carboxylic acids is 1. The lowest BCUT2D eigenvalue weighted by atomic mass is 9.93. The molecule has 2 aromatic heterocycles. The molecule has 6 heteroatoms. The zero-order chi connectivity index (χ0) is 22.5. The molecule has 0 unspecified atom stereocenters. The van der Waals surface area contributed by atoms with E-state index in [0.29, 0.717) is 25.4 Å². The van der Waals surface area contributed by atoms with Crippen molar-refractivity contribution >= 4 is 17.5 Å². The molecule has 2 aromatic carbocycles. The fourth-order valence-corrected chi connectivity index (χ4v) is 5.16. The Morgan fingerprint density at radius 2 is 1.82 bits per heavy atom. The molecule has 0 spiro atoms. The summed E-state index contributed by atoms with van der Waals surface area (Å²) in [4.78, 5) is 15.3. The highest BCUT2D eigenvalue weighted by Gasteiger charge is 2.32. The fourth-order valence-electron chi connectivity index (χ4n) is 5.04. The Hall–Kier alpha value is -3.31. The zero-order valence-electron chi connectivity index (χ0n) is 18.5. The zero-order valence-corrected chi connectivity index (χ0v) is 19.2. The average molecular weight is 458 g/mol. The molecule has 6 rings (SSSR count). The number of halogens is 1. The number of nitrogens with zero attached hydrogens (tertiary/aromatic N) is 3. The number of fused-ring (bicyclic) bond motifs is 4. The Morgan fingerprint density at radius 3 is 2.64 bits per heavy atom. The van der Waals surface area contributed by atoms with Gasteiger partial charge in [0, 0.05) is 41.9 Å². The van der Waals surface area contributed by atoms with Gasteiger partial charge >= 0.3 is 0 Å². The largest absolute Gasteiger partial charge is 0.455 e. The first-order chi connectivity index (χ1) is 16.1. The molecule has 0 radical (unpaired) electrons. The van der Waals surface area contributed by atoms with Gasteiger partial charge in [-0.2, -0.15) is 5.10 Å². The van der Waals surface area contributed by atoms with Crippen molar-refractivity contribution in [3.8, 4) is 11.3 Å². The Bertz CT molecular complexity index is 1370. The van der Waals surface area contributed by atoms with Crippen molar-refractivity contribution in [1.82, 2.24) is 14.7 Å². The van der Waals surface area contributed by atoms with E-state index in [9.17, 15) is 4.79 Å². The SMILES string of the molecule is Cc1c(C(=O)N2CCc3ccccc3C2)oc2c1-c1nn(Cc3ccc(Cl)cc3)cc1CC2. The predicted molar refractivity (Wildman–Crippen MR) is 128 cm³/mol. The topological polar surface area (TPSA) is 51.3 Å². The Balaban J connectivity index is 1.29. The van der Waals surface area contributed by atoms with E-state index in [4.69, 9.17) is 21.1 Å². The van der Waals surface area contributed by atoms with Crippen LogP contribution in [0.15, 0.2) is 59.1 Å². The van der Waals surface area contributed by atoms with Crippen LogP contribution >= 0.6 is 11.6 Å². The molecule has 0 bridgehead atoms. The summed E-state index contributed by atoms with van der Waals surface area (Å²) in [5.41, 5.74) is 7.71. The van der Waals surface area contributed by atoms with Gasteiger partial charge in [-0.25, -0.2) is 0 Å². The third kappa shape index (κ3) is 3.57. The molecule has 0 saturated carbocycles. The van der Waals surface area contributed by atoms with Gasteiger partial charge in [-0.15, -0.1) is 0 Å². The third-order valence-corrected chi connectivity index (χ3v) is 7.04. The van der Waals surface area contributed by atoms with Crippen LogP contribution in [0.1, 0.15) is 44.1 Å². The van der Waals surface area contributed by atoms with Gasteiger partial charge in [-0.1, -0.05) is 48.0 Å². The second-order valence-electron chi connectivity index (χ2n) is 8.93. The van der Waals surface area contributed by atoms with Crippen LogP contribution in [0.2, 0.25) is 5.02 Å². The Morgan fingerprint density at radius 1 is 1.03 bits per heavy atom. The maximum Gasteiger partial charge on any atom is 0.290 e. The number of carbonyl (C=O) groups is 1. The van der Waals surface area contributed by atoms with Gasteiger partial charge in [0.1, 0.15) is 5.76 Å². The first-order valence-electron chi connectivity index (χ1n) is 11.4. The van der Waals surface area contributed by atoms with E-state index in [0.717, 1.165) is 52.4 Å². The van der Waals surface area contributed by atoms with E-state index < -0.39 is 0 Å². The number of hydrogen-bond acceptors (Lipinski definition) is 3. The van der Waals surface area contributed by atoms with Crippen LogP contribution in [0, 0.1) is 6.92 Å². The average Bonchev–Trinajstić information content (AvgIpc) is 3.40. The van der Waals surface area contributed by atoms with Gasteiger partial charge in [-0.3, -0.25) is 9.48 Å². The van der Waals surface area contributed by atoms with Crippen LogP contribution in [-0.4, -0.2) is 27.1 Å². The Kier molecular flexibility index (Phi) is 4.88. The quantitative estimate of drug-likeness (QED) is 0.411. The highest BCUT2D eigenvalue weighted by atomic mass is 35.5. The standard InChI is InChI=1S/C27H24ClN3O2/c1-17-24-23(33-26(17)27(32)30-13-12-19-4-2-3-5-20(19)15-30)11-8-21-16-31(29-25(21)24)14-18-6-9-22(28)10-7-18/h2-7,9-10,16H,8,11-15H2,1H3. The molecule has 0 N–H and O–H groups in total. The highest BCUT2D eigenvalue weighted by molar-refractivity contribution is 6.30. The smallest absolute Gasteiger partial charge is 0.290 e. The Labute approximate surface area is 197 Å². The third-order valence-electron chi connectivity index (χ3n) is 6.79. The summed E-state index contributed by atoms with van der Waals surface area (Å²) >= 11 is 6.02. The van der Waals surface area contributed by atoms with Crippen LogP contribution < -0.4 is 0 Å². The van der Waals surface area contributed by atoms with Crippen molar-refractivity contribution in [2.45, 2.75) is 39.3 Å². The van der Waals surface area contributed by atoms with Gasteiger partial charge in [-0.05, 0) is 54.2 Å². The molecule has 3 heterocycles. The molecule has 4 aromatic rings. The highest BCUT2D eigenvalue weighted by Crippen LogP contribution is 2.39. The molecule has 1 aliphatic carbocycles. The first-order valence-corrected chi connectivity index (χ1v) is 11.7. The van der Waals surface area contributed by atoms with Crippen molar-refractivity contribution < 1.29 is 9.21 Å². The lowest BCUT2D eigenvalue weighted by Crippen LogP contribution is -2.36. The second-order valence-corrected chi connectivity index (χ2v) is 9.36. The fraction of sp³-hybridized carbons (Fsp3) is 0.259. The number of furan rings is 1. The second kappa shape index (κ2) is 7.92. The minimum Gasteiger partial charge on any atom is -0.455 e. The number of rotatable bonds is 3. The number of aryl methyl sites for hydroxylation is 2. The summed E-state index contributed by atoms with van der Waals surface area (Å²) in [6.45, 7) is 4.00. The van der Waals surface area contributed by atoms with Crippen molar-refractivity contribution in [2.75, 3.05) is 6.54 Å². The van der Waals surface area contributed by atoms with Gasteiger partial charge in [0.15, 0.2) is 5.76 Å². The molecule has 0 atom stereocenters. The first kappa shape index (κ1) is 20.3. The van der Waals surface area contributed by atoms with Crippen molar-refractivity contribution in [3.05, 3.63) is 99.1 Å². The summed E-state index contributed by atoms with van der Waals surface area (Å²) in [5, 5.41) is 5.61. The molecule has 0 fully saturated rings. The molecule has 0 saturated heterocycles. The van der Waals surface area contributed by atoms with E-state index in [1.165, 1.54) is 16.7 Å². The van der Waals surface area contributed by atoms with Gasteiger partial charge in [0.05, 0.1) is 12.2 Å². The molecule has 166 valence electrons. The van der Waals surface area contributed by atoms with E-state index in [2.05, 4.69) is 24.4 Å². The molecule has 1 aliphatic heterocycles. The van der Waals surface area contributed by atoms with Crippen molar-refractivity contribution in [3.63, 3.8) is 0 Å². The van der Waals surface area contributed by atoms with Crippen molar-refractivity contribution in [1.29, 1.82) is 0 Å². The van der Waals surface area contributed by atoms with Crippen LogP contribution in [0.25, 0.3) is 11.3 Å². The number of benzene rings is 2. The molecule has 1 amide bonds. The molecule has 5 nitrogen and oxygen atoms in total. The monoisotopic (exact) mass is 457 g/mol. The number of amides is 1. The summed E-state index contributed by atoms with van der Waals surface area (Å²) in [5.74, 6) is 1.30. The van der Waals surface area contributed by atoms with E-state index >= 15 is 0 Å². The maximum absolute atomic E-state index is 13.4. The van der Waals surface area contributed by atoms with Crippen LogP contribution in [0.5, 0.6) is 0 Å². The van der Waals surface area contributed by atoms with E-state index in [-0.39, 0.29) is 5.91 Å². The number of hydrogen-bond donors (Lipinski definition) is 0. The van der Waals surface area contributed by atoms with E-state index in [1.54, 1.807) is 0 Å². The molecule has 33 heavy (non-hydrogen) atoms. The van der Waals surface area contributed by atoms with Gasteiger partial charge < -0.3 is 9.32 Å². The minimum absolute atomic E-state index is 0.0291. The summed E-state index contributed by atoms with van der Waals surface area (Å²) in [7, 11) is 0.